The first-order valence-electron chi connectivity index (χ1n) is 3.97. The number of rotatable bonds is 4. The lowest BCUT2D eigenvalue weighted by atomic mass is 10.3. The zero-order valence-corrected chi connectivity index (χ0v) is 8.70. The van der Waals surface area contributed by atoms with E-state index in [9.17, 15) is 0 Å². The van der Waals surface area contributed by atoms with Gasteiger partial charge in [-0.15, -0.1) is 0 Å². The molecule has 0 spiro atoms. The molecule has 0 aromatic heterocycles. The van der Waals surface area contributed by atoms with Crippen molar-refractivity contribution in [2.24, 2.45) is 0 Å². The van der Waals surface area contributed by atoms with Crippen LogP contribution in [0.3, 0.4) is 0 Å². The Morgan fingerprint density at radius 3 is 2.54 bits per heavy atom. The van der Waals surface area contributed by atoms with Gasteiger partial charge < -0.3 is 9.84 Å². The van der Waals surface area contributed by atoms with Gasteiger partial charge in [0.25, 0.3) is 0 Å². The lowest BCUT2D eigenvalue weighted by Gasteiger charge is -2.01. The molecule has 1 aromatic carbocycles. The molecule has 0 aliphatic rings. The molecule has 0 aliphatic heterocycles. The molecule has 1 rings (SSSR count). The highest BCUT2D eigenvalue weighted by Crippen LogP contribution is 2.15. The predicted octanol–water partition coefficient (Wildman–Crippen LogP) is 2.38. The van der Waals surface area contributed by atoms with Gasteiger partial charge in [0.15, 0.2) is 0 Å². The maximum Gasteiger partial charge on any atom is 0.119 e. The minimum atomic E-state index is 0.0592. The second-order valence-corrected chi connectivity index (χ2v) is 3.33. The number of aliphatic hydroxyl groups excluding tert-OH is 1. The van der Waals surface area contributed by atoms with Crippen molar-refractivity contribution in [1.82, 2.24) is 0 Å². The van der Waals surface area contributed by atoms with Gasteiger partial charge >= 0.3 is 0 Å². The van der Waals surface area contributed by atoms with Crippen LogP contribution in [0.5, 0.6) is 5.75 Å². The Hall–Kier alpha value is -0.800. The highest BCUT2D eigenvalue weighted by molar-refractivity contribution is 9.10. The molecule has 2 nitrogen and oxygen atoms in total. The van der Waals surface area contributed by atoms with Crippen LogP contribution in [0, 0.1) is 0 Å². The number of benzene rings is 1. The zero-order valence-electron chi connectivity index (χ0n) is 7.11. The topological polar surface area (TPSA) is 29.5 Å². The summed E-state index contributed by atoms with van der Waals surface area (Å²) in [4.78, 5) is 0. The van der Waals surface area contributed by atoms with Crippen LogP contribution in [0.15, 0.2) is 40.9 Å². The molecule has 0 amide bonds. The first-order chi connectivity index (χ1) is 6.33. The Morgan fingerprint density at radius 1 is 1.23 bits per heavy atom. The average Bonchev–Trinajstić information content (AvgIpc) is 2.15. The molecule has 1 aromatic rings. The summed E-state index contributed by atoms with van der Waals surface area (Å²) < 4.78 is 6.38. The van der Waals surface area contributed by atoms with Crippen LogP contribution in [-0.4, -0.2) is 18.3 Å². The van der Waals surface area contributed by atoms with Crippen LogP contribution >= 0.6 is 15.9 Å². The van der Waals surface area contributed by atoms with Crippen molar-refractivity contribution in [2.75, 3.05) is 13.2 Å². The van der Waals surface area contributed by atoms with Crippen molar-refractivity contribution in [2.45, 2.75) is 0 Å². The van der Waals surface area contributed by atoms with Gasteiger partial charge in [0.1, 0.15) is 12.4 Å². The van der Waals surface area contributed by atoms with Crippen LogP contribution in [0.1, 0.15) is 0 Å². The number of aliphatic hydroxyl groups is 1. The van der Waals surface area contributed by atoms with E-state index in [0.717, 1.165) is 10.2 Å². The summed E-state index contributed by atoms with van der Waals surface area (Å²) in [5, 5.41) is 8.45. The van der Waals surface area contributed by atoms with E-state index in [-0.39, 0.29) is 6.61 Å². The summed E-state index contributed by atoms with van der Waals surface area (Å²) in [5.41, 5.74) is 0. The predicted molar refractivity (Wildman–Crippen MR) is 55.9 cm³/mol. The summed E-state index contributed by atoms with van der Waals surface area (Å²) in [6, 6.07) is 7.61. The molecule has 0 saturated carbocycles. The summed E-state index contributed by atoms with van der Waals surface area (Å²) in [5.74, 6) is 0.825. The Labute approximate surface area is 86.0 Å². The van der Waals surface area contributed by atoms with E-state index in [1.54, 1.807) is 12.2 Å². The van der Waals surface area contributed by atoms with E-state index in [2.05, 4.69) is 15.9 Å². The molecule has 0 bridgehead atoms. The third kappa shape index (κ3) is 4.10. The highest BCUT2D eigenvalue weighted by atomic mass is 79.9. The van der Waals surface area contributed by atoms with E-state index in [1.165, 1.54) is 0 Å². The second-order valence-electron chi connectivity index (χ2n) is 2.42. The molecular formula is C10H11BrO2. The van der Waals surface area contributed by atoms with E-state index in [0.29, 0.717) is 6.61 Å². The van der Waals surface area contributed by atoms with E-state index in [1.807, 2.05) is 24.3 Å². The summed E-state index contributed by atoms with van der Waals surface area (Å²) in [7, 11) is 0. The molecule has 3 heteroatoms. The molecule has 0 aliphatic carbocycles. The molecule has 0 radical (unpaired) electrons. The van der Waals surface area contributed by atoms with Crippen LogP contribution < -0.4 is 4.74 Å². The van der Waals surface area contributed by atoms with Crippen molar-refractivity contribution in [3.05, 3.63) is 40.9 Å². The highest BCUT2D eigenvalue weighted by Gasteiger charge is 1.90. The van der Waals surface area contributed by atoms with E-state index >= 15 is 0 Å². The Balaban J connectivity index is 2.37. The normalized spacial score (nSPS) is 10.6. The molecule has 0 heterocycles. The van der Waals surface area contributed by atoms with Crippen LogP contribution in [0.2, 0.25) is 0 Å². The molecule has 0 atom stereocenters. The van der Waals surface area contributed by atoms with Gasteiger partial charge in [-0.1, -0.05) is 22.0 Å². The fourth-order valence-electron chi connectivity index (χ4n) is 0.818. The van der Waals surface area contributed by atoms with Gasteiger partial charge in [0.05, 0.1) is 6.61 Å². The van der Waals surface area contributed by atoms with Crippen molar-refractivity contribution in [3.63, 3.8) is 0 Å². The zero-order chi connectivity index (χ0) is 9.52. The molecule has 1 N–H and O–H groups in total. The lowest BCUT2D eigenvalue weighted by Crippen LogP contribution is -1.93. The SMILES string of the molecule is OCC=CCOc1ccc(Br)cc1. The van der Waals surface area contributed by atoms with Gasteiger partial charge in [-0.05, 0) is 30.3 Å². The standard InChI is InChI=1S/C10H11BrO2/c11-9-3-5-10(6-4-9)13-8-2-1-7-12/h1-6,12H,7-8H2. The number of halogens is 1. The van der Waals surface area contributed by atoms with E-state index in [4.69, 9.17) is 9.84 Å². The van der Waals surface area contributed by atoms with E-state index < -0.39 is 0 Å². The Kier molecular flexibility index (Phi) is 4.57. The maximum atomic E-state index is 8.45. The molecule has 70 valence electrons. The lowest BCUT2D eigenvalue weighted by molar-refractivity contribution is 0.336. The van der Waals surface area contributed by atoms with Crippen LogP contribution in [0.4, 0.5) is 0 Å². The first-order valence-corrected chi connectivity index (χ1v) is 4.76. The summed E-state index contributed by atoms with van der Waals surface area (Å²) in [6.45, 7) is 0.548. The van der Waals surface area contributed by atoms with Gasteiger partial charge in [-0.25, -0.2) is 0 Å². The Morgan fingerprint density at radius 2 is 1.92 bits per heavy atom. The fraction of sp³-hybridized carbons (Fsp3) is 0.200. The summed E-state index contributed by atoms with van der Waals surface area (Å²) >= 11 is 3.34. The third-order valence-electron chi connectivity index (χ3n) is 1.43. The largest absolute Gasteiger partial charge is 0.490 e. The monoisotopic (exact) mass is 242 g/mol. The van der Waals surface area contributed by atoms with Crippen molar-refractivity contribution in [3.8, 4) is 5.75 Å². The molecule has 13 heavy (non-hydrogen) atoms. The molecule has 0 unspecified atom stereocenters. The molecule has 0 fully saturated rings. The van der Waals surface area contributed by atoms with Gasteiger partial charge in [-0.2, -0.15) is 0 Å². The van der Waals surface area contributed by atoms with Crippen LogP contribution in [-0.2, 0) is 0 Å². The van der Waals surface area contributed by atoms with Gasteiger partial charge in [0, 0.05) is 4.47 Å². The second kappa shape index (κ2) is 5.78. The van der Waals surface area contributed by atoms with Crippen molar-refractivity contribution < 1.29 is 9.84 Å². The number of hydrogen-bond acceptors (Lipinski definition) is 2. The minimum absolute atomic E-state index is 0.0592. The smallest absolute Gasteiger partial charge is 0.119 e. The Bertz CT molecular complexity index is 267. The molecule has 0 saturated heterocycles. The van der Waals surface area contributed by atoms with Crippen molar-refractivity contribution in [1.29, 1.82) is 0 Å². The average molecular weight is 243 g/mol. The third-order valence-corrected chi connectivity index (χ3v) is 1.96. The number of hydrogen-bond donors (Lipinski definition) is 1. The van der Waals surface area contributed by atoms with Crippen molar-refractivity contribution >= 4 is 15.9 Å². The first kappa shape index (κ1) is 10.3. The minimum Gasteiger partial charge on any atom is -0.490 e. The maximum absolute atomic E-state index is 8.45. The van der Waals surface area contributed by atoms with Gasteiger partial charge in [-0.3, -0.25) is 0 Å². The summed E-state index contributed by atoms with van der Waals surface area (Å²) in [6.07, 6.45) is 3.43. The molecular weight excluding hydrogens is 232 g/mol. The fourth-order valence-corrected chi connectivity index (χ4v) is 1.08. The number of ether oxygens (including phenoxy) is 1. The quantitative estimate of drug-likeness (QED) is 0.822. The van der Waals surface area contributed by atoms with Gasteiger partial charge in [0.2, 0.25) is 0 Å². The van der Waals surface area contributed by atoms with Crippen LogP contribution in [0.25, 0.3) is 0 Å².